The molecule has 3 rings (SSSR count). The number of aryl methyl sites for hydroxylation is 1. The summed E-state index contributed by atoms with van der Waals surface area (Å²) in [6, 6.07) is 8.06. The lowest BCUT2D eigenvalue weighted by Crippen LogP contribution is -2.41. The molecule has 0 spiro atoms. The Morgan fingerprint density at radius 3 is 2.63 bits per heavy atom. The van der Waals surface area contributed by atoms with Crippen LogP contribution in [0.4, 0.5) is 5.82 Å². The first-order chi connectivity index (χ1) is 12.9. The maximum Gasteiger partial charge on any atom is 0.180 e. The zero-order valence-corrected chi connectivity index (χ0v) is 16.7. The van der Waals surface area contributed by atoms with E-state index >= 15 is 0 Å². The number of nitrogens with zero attached hydrogens (tertiary/aromatic N) is 4. The molecular weight excluding hydrogens is 362 g/mol. The van der Waals surface area contributed by atoms with Crippen LogP contribution in [-0.2, 0) is 16.3 Å². The average molecular weight is 390 g/mol. The van der Waals surface area contributed by atoms with E-state index < -0.39 is 9.84 Å². The van der Waals surface area contributed by atoms with Crippen molar-refractivity contribution in [2.45, 2.75) is 32.2 Å². The van der Waals surface area contributed by atoms with Crippen molar-refractivity contribution in [3.05, 3.63) is 36.2 Å². The topological polar surface area (TPSA) is 88.1 Å². The van der Waals surface area contributed by atoms with E-state index in [0.29, 0.717) is 18.4 Å². The number of hydrogen-bond acceptors (Lipinski definition) is 7. The van der Waals surface area contributed by atoms with Crippen molar-refractivity contribution in [1.29, 1.82) is 0 Å². The van der Waals surface area contributed by atoms with Crippen molar-refractivity contribution in [3.63, 3.8) is 0 Å². The Kier molecular flexibility index (Phi) is 6.38. The second-order valence-electron chi connectivity index (χ2n) is 7.03. The molecule has 0 atom stereocenters. The quantitative estimate of drug-likeness (QED) is 0.775. The highest BCUT2D eigenvalue weighted by Crippen LogP contribution is 2.19. The highest BCUT2D eigenvalue weighted by Gasteiger charge is 2.20. The molecule has 0 aliphatic carbocycles. The Morgan fingerprint density at radius 2 is 2.00 bits per heavy atom. The van der Waals surface area contributed by atoms with E-state index in [2.05, 4.69) is 32.1 Å². The second-order valence-corrected chi connectivity index (χ2v) is 9.29. The van der Waals surface area contributed by atoms with Gasteiger partial charge in [0.1, 0.15) is 21.3 Å². The fraction of sp³-hybridized carbons (Fsp3) is 0.526. The summed E-state index contributed by atoms with van der Waals surface area (Å²) in [5.74, 6) is 1.70. The molecule has 2 aromatic rings. The lowest BCUT2D eigenvalue weighted by molar-refractivity contribution is 0.230. The number of nitrogens with one attached hydrogen (secondary N) is 1. The van der Waals surface area contributed by atoms with Gasteiger partial charge >= 0.3 is 0 Å². The summed E-state index contributed by atoms with van der Waals surface area (Å²) in [6.07, 6.45) is 5.81. The fourth-order valence-electron chi connectivity index (χ4n) is 3.17. The molecule has 8 heteroatoms. The Morgan fingerprint density at radius 1 is 1.22 bits per heavy atom. The van der Waals surface area contributed by atoms with E-state index in [-0.39, 0.29) is 5.75 Å². The van der Waals surface area contributed by atoms with Crippen molar-refractivity contribution in [2.24, 2.45) is 0 Å². The van der Waals surface area contributed by atoms with Crippen molar-refractivity contribution >= 4 is 15.7 Å². The third-order valence-corrected chi connectivity index (χ3v) is 5.68. The Balaban J connectivity index is 1.63. The molecule has 1 aliphatic heterocycles. The van der Waals surface area contributed by atoms with Gasteiger partial charge in [-0.05, 0) is 31.4 Å². The van der Waals surface area contributed by atoms with Gasteiger partial charge in [0.2, 0.25) is 0 Å². The van der Waals surface area contributed by atoms with Crippen LogP contribution in [0, 0.1) is 0 Å². The first-order valence-corrected chi connectivity index (χ1v) is 11.4. The van der Waals surface area contributed by atoms with E-state index in [9.17, 15) is 8.42 Å². The van der Waals surface area contributed by atoms with Gasteiger partial charge < -0.3 is 10.2 Å². The summed E-state index contributed by atoms with van der Waals surface area (Å²) in [5.41, 5.74) is 1.75. The molecule has 0 unspecified atom stereocenters. The highest BCUT2D eigenvalue weighted by atomic mass is 32.2. The molecular formula is C19H27N5O2S. The van der Waals surface area contributed by atoms with Gasteiger partial charge in [-0.3, -0.25) is 4.98 Å². The van der Waals surface area contributed by atoms with Crippen LogP contribution in [0.15, 0.2) is 30.5 Å². The zero-order valence-electron chi connectivity index (χ0n) is 15.9. The number of anilines is 1. The molecule has 1 saturated heterocycles. The van der Waals surface area contributed by atoms with Crippen LogP contribution in [0.5, 0.6) is 0 Å². The summed E-state index contributed by atoms with van der Waals surface area (Å²) in [6.45, 7) is 4.48. The number of likely N-dealkylation sites (tertiary alicyclic amines) is 1. The molecule has 2 aromatic heterocycles. The van der Waals surface area contributed by atoms with Crippen LogP contribution < -0.4 is 5.32 Å². The Labute approximate surface area is 161 Å². The molecule has 3 heterocycles. The molecule has 0 radical (unpaired) electrons. The predicted octanol–water partition coefficient (Wildman–Crippen LogP) is 2.02. The number of aromatic nitrogens is 3. The van der Waals surface area contributed by atoms with E-state index in [1.165, 1.54) is 6.26 Å². The largest absolute Gasteiger partial charge is 0.367 e. The van der Waals surface area contributed by atoms with Crippen LogP contribution in [-0.4, -0.2) is 66.0 Å². The monoisotopic (exact) mass is 389 g/mol. The first kappa shape index (κ1) is 19.7. The van der Waals surface area contributed by atoms with Crippen LogP contribution in [0.1, 0.15) is 25.5 Å². The normalized spacial score (nSPS) is 16.4. The number of hydrogen-bond donors (Lipinski definition) is 1. The molecule has 27 heavy (non-hydrogen) atoms. The minimum Gasteiger partial charge on any atom is -0.367 e. The van der Waals surface area contributed by atoms with E-state index in [1.54, 1.807) is 6.20 Å². The molecule has 0 amide bonds. The summed E-state index contributed by atoms with van der Waals surface area (Å²) in [4.78, 5) is 15.8. The molecule has 146 valence electrons. The minimum absolute atomic E-state index is 0.226. The zero-order chi connectivity index (χ0) is 19.3. The van der Waals surface area contributed by atoms with Crippen molar-refractivity contribution in [2.75, 3.05) is 37.0 Å². The van der Waals surface area contributed by atoms with Crippen molar-refractivity contribution in [1.82, 2.24) is 19.9 Å². The predicted molar refractivity (Wildman–Crippen MR) is 107 cm³/mol. The van der Waals surface area contributed by atoms with Gasteiger partial charge in [-0.1, -0.05) is 13.0 Å². The first-order valence-electron chi connectivity index (χ1n) is 9.39. The lowest BCUT2D eigenvalue weighted by Gasteiger charge is -2.32. The minimum atomic E-state index is -2.90. The van der Waals surface area contributed by atoms with E-state index in [1.807, 2.05) is 24.3 Å². The van der Waals surface area contributed by atoms with Crippen molar-refractivity contribution < 1.29 is 8.42 Å². The molecule has 1 aliphatic rings. The average Bonchev–Trinajstić information content (AvgIpc) is 2.67. The Hall–Kier alpha value is -2.06. The van der Waals surface area contributed by atoms with Crippen LogP contribution in [0.2, 0.25) is 0 Å². The molecule has 0 bridgehead atoms. The molecule has 1 fully saturated rings. The van der Waals surface area contributed by atoms with Gasteiger partial charge in [-0.25, -0.2) is 18.4 Å². The third kappa shape index (κ3) is 5.97. The maximum absolute atomic E-state index is 11.3. The van der Waals surface area contributed by atoms with Crippen LogP contribution in [0.25, 0.3) is 11.5 Å². The number of piperidine rings is 1. The van der Waals surface area contributed by atoms with E-state index in [0.717, 1.165) is 49.6 Å². The summed E-state index contributed by atoms with van der Waals surface area (Å²) in [5, 5.41) is 3.53. The SMILES string of the molecule is CCc1cc(NC2CCN(CCS(C)(=O)=O)CC2)nc(-c2ccccn2)n1. The second kappa shape index (κ2) is 8.75. The van der Waals surface area contributed by atoms with Gasteiger partial charge in [0.15, 0.2) is 5.82 Å². The molecule has 1 N–H and O–H groups in total. The molecule has 7 nitrogen and oxygen atoms in total. The number of sulfone groups is 1. The van der Waals surface area contributed by atoms with Crippen LogP contribution in [0.3, 0.4) is 0 Å². The van der Waals surface area contributed by atoms with Gasteiger partial charge in [0.05, 0.1) is 5.75 Å². The van der Waals surface area contributed by atoms with Crippen LogP contribution >= 0.6 is 0 Å². The molecule has 0 aromatic carbocycles. The summed E-state index contributed by atoms with van der Waals surface area (Å²) < 4.78 is 22.7. The third-order valence-electron chi connectivity index (χ3n) is 4.75. The fourth-order valence-corrected chi connectivity index (χ4v) is 3.76. The Bertz CT molecular complexity index is 850. The molecule has 0 saturated carbocycles. The van der Waals surface area contributed by atoms with Gasteiger partial charge in [-0.2, -0.15) is 0 Å². The van der Waals surface area contributed by atoms with Gasteiger partial charge in [0.25, 0.3) is 0 Å². The summed E-state index contributed by atoms with van der Waals surface area (Å²) >= 11 is 0. The highest BCUT2D eigenvalue weighted by molar-refractivity contribution is 7.90. The smallest absolute Gasteiger partial charge is 0.180 e. The van der Waals surface area contributed by atoms with Gasteiger partial charge in [0, 0.05) is 49.9 Å². The summed E-state index contributed by atoms with van der Waals surface area (Å²) in [7, 11) is -2.90. The van der Waals surface area contributed by atoms with Crippen molar-refractivity contribution in [3.8, 4) is 11.5 Å². The standard InChI is InChI=1S/C19H27N5O2S/c1-3-15-14-18(23-19(22-15)17-6-4-5-9-20-17)21-16-7-10-24(11-8-16)12-13-27(2,25)26/h4-6,9,14,16H,3,7-8,10-13H2,1-2H3,(H,21,22,23). The van der Waals surface area contributed by atoms with Gasteiger partial charge in [-0.15, -0.1) is 0 Å². The van der Waals surface area contributed by atoms with E-state index in [4.69, 9.17) is 0 Å². The number of rotatable bonds is 7. The maximum atomic E-state index is 11.3. The lowest BCUT2D eigenvalue weighted by atomic mass is 10.1. The number of pyridine rings is 1.